The zero-order valence-corrected chi connectivity index (χ0v) is 10.5. The van der Waals surface area contributed by atoms with Crippen molar-refractivity contribution in [3.63, 3.8) is 0 Å². The molecule has 17 heavy (non-hydrogen) atoms. The lowest BCUT2D eigenvalue weighted by Crippen LogP contribution is -2.27. The Balaban J connectivity index is 2.51. The van der Waals surface area contributed by atoms with Gasteiger partial charge in [0.1, 0.15) is 0 Å². The lowest BCUT2D eigenvalue weighted by Gasteiger charge is -2.20. The van der Waals surface area contributed by atoms with Crippen LogP contribution in [0.3, 0.4) is 0 Å². The maximum absolute atomic E-state index is 11.8. The minimum absolute atomic E-state index is 0.0382. The van der Waals surface area contributed by atoms with Crippen LogP contribution >= 0.6 is 15.9 Å². The van der Waals surface area contributed by atoms with Crippen LogP contribution in [0.1, 0.15) is 16.8 Å². The second-order valence-electron chi connectivity index (χ2n) is 3.85. The van der Waals surface area contributed by atoms with Crippen LogP contribution in [0.2, 0.25) is 0 Å². The number of aromatic carboxylic acids is 1. The van der Waals surface area contributed by atoms with E-state index in [0.717, 1.165) is 0 Å². The number of hydrogen-bond acceptors (Lipinski definition) is 3. The predicted octanol–water partition coefficient (Wildman–Crippen LogP) is 1.47. The number of carboxylic acid groups (broad SMARTS) is 1. The van der Waals surface area contributed by atoms with E-state index in [2.05, 4.69) is 15.9 Å². The van der Waals surface area contributed by atoms with E-state index in [1.165, 1.54) is 11.0 Å². The molecule has 1 saturated heterocycles. The van der Waals surface area contributed by atoms with Gasteiger partial charge in [-0.15, -0.1) is 0 Å². The average molecular weight is 299 g/mol. The van der Waals surface area contributed by atoms with Gasteiger partial charge in [0, 0.05) is 17.8 Å². The fraction of sp³-hybridized carbons (Fsp3) is 0.273. The zero-order valence-electron chi connectivity index (χ0n) is 8.89. The second-order valence-corrected chi connectivity index (χ2v) is 5.15. The summed E-state index contributed by atoms with van der Waals surface area (Å²) in [6.45, 7) is 0.438. The number of benzene rings is 1. The van der Waals surface area contributed by atoms with Gasteiger partial charge in [-0.25, -0.2) is 4.79 Å². The molecule has 1 heterocycles. The molecule has 2 rings (SSSR count). The Bertz CT molecular complexity index is 490. The van der Waals surface area contributed by atoms with Gasteiger partial charge < -0.3 is 15.7 Å². The highest BCUT2D eigenvalue weighted by molar-refractivity contribution is 9.09. The first-order chi connectivity index (χ1) is 8.00. The molecule has 90 valence electrons. The van der Waals surface area contributed by atoms with Crippen LogP contribution < -0.4 is 10.6 Å². The van der Waals surface area contributed by atoms with Gasteiger partial charge in [0.15, 0.2) is 0 Å². The first kappa shape index (κ1) is 11.9. The van der Waals surface area contributed by atoms with Crippen molar-refractivity contribution in [2.45, 2.75) is 11.2 Å². The molecule has 1 aromatic rings. The van der Waals surface area contributed by atoms with E-state index in [9.17, 15) is 9.59 Å². The molecular formula is C11H11BrN2O3. The molecular weight excluding hydrogens is 288 g/mol. The Morgan fingerprint density at radius 1 is 1.53 bits per heavy atom. The number of carbonyl (C=O) groups is 2. The zero-order chi connectivity index (χ0) is 12.6. The summed E-state index contributed by atoms with van der Waals surface area (Å²) in [5.41, 5.74) is 6.43. The third kappa shape index (κ3) is 2.12. The maximum atomic E-state index is 11.8. The number of amides is 1. The summed E-state index contributed by atoms with van der Waals surface area (Å²) in [6, 6.07) is 4.61. The number of alkyl halides is 1. The molecule has 1 atom stereocenters. The van der Waals surface area contributed by atoms with Crippen LogP contribution in [0.5, 0.6) is 0 Å². The third-order valence-electron chi connectivity index (χ3n) is 2.65. The number of nitrogen functional groups attached to an aromatic ring is 1. The fourth-order valence-electron chi connectivity index (χ4n) is 1.92. The second kappa shape index (κ2) is 4.37. The van der Waals surface area contributed by atoms with Gasteiger partial charge >= 0.3 is 5.97 Å². The van der Waals surface area contributed by atoms with E-state index >= 15 is 0 Å². The minimum Gasteiger partial charge on any atom is -0.478 e. The Morgan fingerprint density at radius 2 is 2.24 bits per heavy atom. The van der Waals surface area contributed by atoms with Gasteiger partial charge in [0.25, 0.3) is 0 Å². The normalized spacial score (nSPS) is 19.7. The van der Waals surface area contributed by atoms with Gasteiger partial charge in [-0.2, -0.15) is 0 Å². The quantitative estimate of drug-likeness (QED) is 0.640. The first-order valence-electron chi connectivity index (χ1n) is 5.07. The van der Waals surface area contributed by atoms with E-state index in [4.69, 9.17) is 10.8 Å². The van der Waals surface area contributed by atoms with Crippen LogP contribution in [0.15, 0.2) is 18.2 Å². The molecule has 3 N–H and O–H groups in total. The average Bonchev–Trinajstić information content (AvgIpc) is 2.57. The fourth-order valence-corrected chi connectivity index (χ4v) is 2.48. The molecule has 1 fully saturated rings. The summed E-state index contributed by atoms with van der Waals surface area (Å²) < 4.78 is 0. The Kier molecular flexibility index (Phi) is 3.06. The van der Waals surface area contributed by atoms with Crippen molar-refractivity contribution in [2.75, 3.05) is 17.2 Å². The van der Waals surface area contributed by atoms with Crippen LogP contribution in [-0.4, -0.2) is 28.4 Å². The Labute approximate surface area is 106 Å². The van der Waals surface area contributed by atoms with Gasteiger partial charge in [-0.1, -0.05) is 22.0 Å². The van der Waals surface area contributed by atoms with Crippen LogP contribution in [0.25, 0.3) is 0 Å². The Morgan fingerprint density at radius 3 is 2.76 bits per heavy atom. The minimum atomic E-state index is -1.09. The molecule has 1 unspecified atom stereocenters. The number of nitrogens with two attached hydrogens (primary N) is 1. The number of hydrogen-bond donors (Lipinski definition) is 2. The van der Waals surface area contributed by atoms with Crippen LogP contribution in [0, 0.1) is 0 Å². The maximum Gasteiger partial charge on any atom is 0.337 e. The summed E-state index contributed by atoms with van der Waals surface area (Å²) in [7, 11) is 0. The molecule has 1 aliphatic rings. The van der Waals surface area contributed by atoms with E-state index in [0.29, 0.717) is 24.3 Å². The van der Waals surface area contributed by atoms with Gasteiger partial charge in [-0.05, 0) is 12.1 Å². The summed E-state index contributed by atoms with van der Waals surface area (Å²) in [5.74, 6) is -1.20. The summed E-state index contributed by atoms with van der Waals surface area (Å²) in [5, 5.41) is 9.10. The van der Waals surface area contributed by atoms with Crippen molar-refractivity contribution in [3.05, 3.63) is 23.8 Å². The first-order valence-corrected chi connectivity index (χ1v) is 5.98. The molecule has 6 heteroatoms. The highest BCUT2D eigenvalue weighted by Crippen LogP contribution is 2.33. The lowest BCUT2D eigenvalue weighted by molar-refractivity contribution is -0.117. The molecule has 1 amide bonds. The van der Waals surface area contributed by atoms with Crippen LogP contribution in [-0.2, 0) is 4.79 Å². The van der Waals surface area contributed by atoms with E-state index in [1.807, 2.05) is 0 Å². The molecule has 0 aromatic heterocycles. The van der Waals surface area contributed by atoms with E-state index < -0.39 is 5.97 Å². The highest BCUT2D eigenvalue weighted by atomic mass is 79.9. The van der Waals surface area contributed by atoms with Crippen molar-refractivity contribution in [2.24, 2.45) is 0 Å². The van der Waals surface area contributed by atoms with Crippen molar-refractivity contribution < 1.29 is 14.7 Å². The molecule has 1 aromatic carbocycles. The topological polar surface area (TPSA) is 83.6 Å². The van der Waals surface area contributed by atoms with Crippen molar-refractivity contribution in [1.82, 2.24) is 0 Å². The Hall–Kier alpha value is -1.56. The molecule has 1 aliphatic heterocycles. The number of rotatable bonds is 2. The van der Waals surface area contributed by atoms with Crippen molar-refractivity contribution >= 4 is 39.2 Å². The number of carbonyl (C=O) groups excluding carboxylic acids is 1. The number of halogens is 1. The molecule has 0 saturated carbocycles. The predicted molar refractivity (Wildman–Crippen MR) is 67.5 cm³/mol. The van der Waals surface area contributed by atoms with Gasteiger partial charge in [0.05, 0.1) is 16.9 Å². The summed E-state index contributed by atoms with van der Waals surface area (Å²) in [6.07, 6.45) is 0.355. The molecule has 0 bridgehead atoms. The SMILES string of the molecule is Nc1cccc(C(=O)O)c1N1CC(Br)CC1=O. The highest BCUT2D eigenvalue weighted by Gasteiger charge is 2.32. The molecule has 5 nitrogen and oxygen atoms in total. The van der Waals surface area contributed by atoms with E-state index in [-0.39, 0.29) is 16.3 Å². The van der Waals surface area contributed by atoms with E-state index in [1.54, 1.807) is 12.1 Å². The third-order valence-corrected chi connectivity index (χ3v) is 3.26. The number of para-hydroxylation sites is 1. The molecule has 0 spiro atoms. The van der Waals surface area contributed by atoms with Gasteiger partial charge in [-0.3, -0.25) is 4.79 Å². The number of carboxylic acids is 1. The number of nitrogens with zero attached hydrogens (tertiary/aromatic N) is 1. The smallest absolute Gasteiger partial charge is 0.337 e. The van der Waals surface area contributed by atoms with Crippen LogP contribution in [0.4, 0.5) is 11.4 Å². The lowest BCUT2D eigenvalue weighted by atomic mass is 10.1. The number of anilines is 2. The standard InChI is InChI=1S/C11H11BrN2O3/c12-6-4-9(15)14(5-6)10-7(11(16)17)2-1-3-8(10)13/h1-3,6H,4-5,13H2,(H,16,17). The monoisotopic (exact) mass is 298 g/mol. The largest absolute Gasteiger partial charge is 0.478 e. The molecule has 0 aliphatic carbocycles. The summed E-state index contributed by atoms with van der Waals surface area (Å²) in [4.78, 5) is 24.3. The molecule has 0 radical (unpaired) electrons. The van der Waals surface area contributed by atoms with Crippen molar-refractivity contribution in [1.29, 1.82) is 0 Å². The summed E-state index contributed by atoms with van der Waals surface area (Å²) >= 11 is 3.35. The van der Waals surface area contributed by atoms with Gasteiger partial charge in [0.2, 0.25) is 5.91 Å². The van der Waals surface area contributed by atoms with Crippen molar-refractivity contribution in [3.8, 4) is 0 Å².